The van der Waals surface area contributed by atoms with E-state index < -0.39 is 0 Å². The SMILES string of the molecule is CCC1CCC(O[SiH3])CC1. The highest BCUT2D eigenvalue weighted by Crippen LogP contribution is 2.27. The Kier molecular flexibility index (Phi) is 3.42. The van der Waals surface area contributed by atoms with Gasteiger partial charge in [-0.1, -0.05) is 13.3 Å². The smallest absolute Gasteiger partial charge is 0.146 e. The summed E-state index contributed by atoms with van der Waals surface area (Å²) in [5.41, 5.74) is 0. The molecule has 0 N–H and O–H groups in total. The normalized spacial score (nSPS) is 34.5. The second-order valence-corrected chi connectivity index (χ2v) is 3.76. The standard InChI is InChI=1S/C8H18OSi/c1-2-7-3-5-8(9-10)6-4-7/h7-8H,2-6H2,1,10H3. The van der Waals surface area contributed by atoms with Gasteiger partial charge in [0, 0.05) is 6.10 Å². The molecule has 0 atom stereocenters. The maximum absolute atomic E-state index is 5.42. The van der Waals surface area contributed by atoms with Crippen molar-refractivity contribution in [3.05, 3.63) is 0 Å². The van der Waals surface area contributed by atoms with Crippen LogP contribution in [0, 0.1) is 5.92 Å². The Morgan fingerprint density at radius 1 is 1.30 bits per heavy atom. The van der Waals surface area contributed by atoms with E-state index >= 15 is 0 Å². The van der Waals surface area contributed by atoms with Crippen LogP contribution < -0.4 is 0 Å². The van der Waals surface area contributed by atoms with Crippen LogP contribution in [0.4, 0.5) is 0 Å². The molecule has 0 bridgehead atoms. The summed E-state index contributed by atoms with van der Waals surface area (Å²) in [6, 6.07) is 0. The number of hydrogen-bond donors (Lipinski definition) is 0. The Labute approximate surface area is 66.7 Å². The molecule has 0 aromatic heterocycles. The van der Waals surface area contributed by atoms with Crippen LogP contribution in [0.5, 0.6) is 0 Å². The molecule has 60 valence electrons. The van der Waals surface area contributed by atoms with Gasteiger partial charge in [-0.3, -0.25) is 0 Å². The highest BCUT2D eigenvalue weighted by molar-refractivity contribution is 5.98. The van der Waals surface area contributed by atoms with Crippen molar-refractivity contribution in [2.45, 2.75) is 45.1 Å². The molecule has 1 saturated carbocycles. The summed E-state index contributed by atoms with van der Waals surface area (Å²) in [5.74, 6) is 1.01. The monoisotopic (exact) mass is 158 g/mol. The van der Waals surface area contributed by atoms with Gasteiger partial charge in [0.1, 0.15) is 10.5 Å². The van der Waals surface area contributed by atoms with E-state index in [0.29, 0.717) is 6.10 Å². The zero-order chi connectivity index (χ0) is 7.40. The molecule has 0 aliphatic heterocycles. The average molecular weight is 158 g/mol. The maximum atomic E-state index is 5.42. The minimum absolute atomic E-state index is 0.634. The predicted octanol–water partition coefficient (Wildman–Crippen LogP) is 1.25. The lowest BCUT2D eigenvalue weighted by Gasteiger charge is -2.26. The van der Waals surface area contributed by atoms with Crippen molar-refractivity contribution in [2.75, 3.05) is 0 Å². The molecule has 0 aromatic rings. The maximum Gasteiger partial charge on any atom is 0.146 e. The zero-order valence-corrected chi connectivity index (χ0v) is 9.10. The lowest BCUT2D eigenvalue weighted by atomic mass is 9.86. The van der Waals surface area contributed by atoms with E-state index in [1.807, 2.05) is 0 Å². The summed E-state index contributed by atoms with van der Waals surface area (Å²) in [7, 11) is 0.925. The van der Waals surface area contributed by atoms with Crippen LogP contribution in [0.3, 0.4) is 0 Å². The molecule has 0 unspecified atom stereocenters. The summed E-state index contributed by atoms with van der Waals surface area (Å²) in [6.07, 6.45) is 7.46. The molecule has 0 saturated heterocycles. The Morgan fingerprint density at radius 2 is 1.90 bits per heavy atom. The topological polar surface area (TPSA) is 9.23 Å². The third-order valence-electron chi connectivity index (χ3n) is 2.70. The number of hydrogen-bond acceptors (Lipinski definition) is 1. The highest BCUT2D eigenvalue weighted by atomic mass is 28.2. The van der Waals surface area contributed by atoms with Crippen molar-refractivity contribution in [2.24, 2.45) is 5.92 Å². The molecule has 1 fully saturated rings. The Hall–Kier alpha value is 0.177. The van der Waals surface area contributed by atoms with Gasteiger partial charge < -0.3 is 4.43 Å². The minimum Gasteiger partial charge on any atom is -0.425 e. The van der Waals surface area contributed by atoms with E-state index in [1.165, 1.54) is 32.1 Å². The van der Waals surface area contributed by atoms with Crippen LogP contribution in [0.25, 0.3) is 0 Å². The molecule has 0 spiro atoms. The second-order valence-electron chi connectivity index (χ2n) is 3.29. The summed E-state index contributed by atoms with van der Waals surface area (Å²) >= 11 is 0. The Morgan fingerprint density at radius 3 is 2.30 bits per heavy atom. The van der Waals surface area contributed by atoms with Crippen LogP contribution >= 0.6 is 0 Å². The summed E-state index contributed by atoms with van der Waals surface area (Å²) in [6.45, 7) is 2.30. The Bertz CT molecular complexity index is 75.3. The van der Waals surface area contributed by atoms with Gasteiger partial charge in [-0.25, -0.2) is 0 Å². The largest absolute Gasteiger partial charge is 0.425 e. The summed E-state index contributed by atoms with van der Waals surface area (Å²) in [4.78, 5) is 0. The first-order chi connectivity index (χ1) is 4.86. The third-order valence-corrected chi connectivity index (χ3v) is 3.37. The first kappa shape index (κ1) is 8.28. The van der Waals surface area contributed by atoms with Crippen molar-refractivity contribution in [1.82, 2.24) is 0 Å². The molecular weight excluding hydrogens is 140 g/mol. The van der Waals surface area contributed by atoms with E-state index in [2.05, 4.69) is 6.92 Å². The van der Waals surface area contributed by atoms with Crippen LogP contribution in [0.15, 0.2) is 0 Å². The van der Waals surface area contributed by atoms with Crippen LogP contribution in [0.2, 0.25) is 0 Å². The molecule has 10 heavy (non-hydrogen) atoms. The summed E-state index contributed by atoms with van der Waals surface area (Å²) < 4.78 is 5.42. The molecule has 1 aliphatic carbocycles. The molecule has 0 amide bonds. The van der Waals surface area contributed by atoms with Crippen molar-refractivity contribution in [3.63, 3.8) is 0 Å². The van der Waals surface area contributed by atoms with Crippen molar-refractivity contribution >= 4 is 10.5 Å². The molecule has 2 heteroatoms. The molecule has 1 aliphatic rings. The molecule has 1 rings (SSSR count). The first-order valence-electron chi connectivity index (χ1n) is 4.39. The zero-order valence-electron chi connectivity index (χ0n) is 7.10. The van der Waals surface area contributed by atoms with E-state index in [9.17, 15) is 0 Å². The molecular formula is C8H18OSi. The minimum atomic E-state index is 0.634. The lowest BCUT2D eigenvalue weighted by Crippen LogP contribution is -2.20. The Balaban J connectivity index is 2.17. The van der Waals surface area contributed by atoms with Gasteiger partial charge >= 0.3 is 0 Å². The molecule has 1 nitrogen and oxygen atoms in total. The fourth-order valence-corrected chi connectivity index (χ4v) is 2.25. The van der Waals surface area contributed by atoms with E-state index in [1.54, 1.807) is 0 Å². The number of rotatable bonds is 2. The lowest BCUT2D eigenvalue weighted by molar-refractivity contribution is 0.141. The van der Waals surface area contributed by atoms with Gasteiger partial charge in [0.25, 0.3) is 0 Å². The molecule has 0 aromatic carbocycles. The quantitative estimate of drug-likeness (QED) is 0.550. The van der Waals surface area contributed by atoms with Gasteiger partial charge in [-0.15, -0.1) is 0 Å². The third kappa shape index (κ3) is 2.10. The van der Waals surface area contributed by atoms with Gasteiger partial charge in [0.2, 0.25) is 0 Å². The van der Waals surface area contributed by atoms with E-state index in [-0.39, 0.29) is 0 Å². The van der Waals surface area contributed by atoms with Crippen LogP contribution in [0.1, 0.15) is 39.0 Å². The summed E-state index contributed by atoms with van der Waals surface area (Å²) in [5, 5.41) is 0. The van der Waals surface area contributed by atoms with Crippen molar-refractivity contribution in [3.8, 4) is 0 Å². The fourth-order valence-electron chi connectivity index (χ4n) is 1.78. The van der Waals surface area contributed by atoms with Gasteiger partial charge in [-0.2, -0.15) is 0 Å². The predicted molar refractivity (Wildman–Crippen MR) is 47.1 cm³/mol. The molecule has 0 radical (unpaired) electrons. The second kappa shape index (κ2) is 4.14. The van der Waals surface area contributed by atoms with Crippen molar-refractivity contribution in [1.29, 1.82) is 0 Å². The fraction of sp³-hybridized carbons (Fsp3) is 1.00. The van der Waals surface area contributed by atoms with Gasteiger partial charge in [0.05, 0.1) is 0 Å². The van der Waals surface area contributed by atoms with Gasteiger partial charge in [-0.05, 0) is 31.6 Å². The first-order valence-corrected chi connectivity index (χ1v) is 5.21. The van der Waals surface area contributed by atoms with Crippen LogP contribution in [-0.2, 0) is 4.43 Å². The van der Waals surface area contributed by atoms with Crippen LogP contribution in [-0.4, -0.2) is 16.6 Å². The highest BCUT2D eigenvalue weighted by Gasteiger charge is 2.18. The van der Waals surface area contributed by atoms with E-state index in [0.717, 1.165) is 16.4 Å². The van der Waals surface area contributed by atoms with Gasteiger partial charge in [0.15, 0.2) is 0 Å². The van der Waals surface area contributed by atoms with E-state index in [4.69, 9.17) is 4.43 Å². The average Bonchev–Trinajstić information content (AvgIpc) is 2.05. The van der Waals surface area contributed by atoms with Crippen molar-refractivity contribution < 1.29 is 4.43 Å². The molecule has 0 heterocycles.